The zero-order valence-electron chi connectivity index (χ0n) is 14.4. The van der Waals surface area contributed by atoms with Crippen LogP contribution in [0.15, 0.2) is 48.0 Å². The van der Waals surface area contributed by atoms with E-state index in [0.717, 1.165) is 5.01 Å². The molecule has 6 nitrogen and oxygen atoms in total. The summed E-state index contributed by atoms with van der Waals surface area (Å²) in [5.74, 6) is 1.69. The van der Waals surface area contributed by atoms with E-state index in [0.29, 0.717) is 22.7 Å². The van der Waals surface area contributed by atoms with Gasteiger partial charge in [-0.15, -0.1) is 6.42 Å². The molecule has 1 saturated heterocycles. The van der Waals surface area contributed by atoms with Crippen LogP contribution < -0.4 is 19.9 Å². The number of ether oxygens (including phenoxy) is 2. The maximum atomic E-state index is 13.1. The smallest absolute Gasteiger partial charge is 0.282 e. The topological polar surface area (TPSA) is 67.9 Å². The molecule has 0 bridgehead atoms. The van der Waals surface area contributed by atoms with Gasteiger partial charge in [-0.2, -0.15) is 0 Å². The molecule has 0 spiro atoms. The number of amides is 2. The van der Waals surface area contributed by atoms with Gasteiger partial charge in [-0.25, -0.2) is 9.40 Å². The number of carbonyl (C=O) groups is 2. The van der Waals surface area contributed by atoms with Gasteiger partial charge in [0.25, 0.3) is 11.8 Å². The Morgan fingerprint density at radius 3 is 2.59 bits per heavy atom. The first kappa shape index (κ1) is 18.0. The molecule has 0 unspecified atom stereocenters. The van der Waals surface area contributed by atoms with E-state index in [1.165, 1.54) is 37.5 Å². The Labute approximate surface area is 155 Å². The van der Waals surface area contributed by atoms with Gasteiger partial charge >= 0.3 is 0 Å². The van der Waals surface area contributed by atoms with Crippen molar-refractivity contribution < 1.29 is 23.5 Å². The van der Waals surface area contributed by atoms with E-state index in [2.05, 4.69) is 11.3 Å². The van der Waals surface area contributed by atoms with Crippen molar-refractivity contribution in [2.45, 2.75) is 0 Å². The van der Waals surface area contributed by atoms with Gasteiger partial charge in [-0.05, 0) is 48.0 Å². The third-order valence-electron chi connectivity index (χ3n) is 3.79. The lowest BCUT2D eigenvalue weighted by molar-refractivity contribution is -0.117. The van der Waals surface area contributed by atoms with E-state index in [1.807, 2.05) is 0 Å². The molecule has 0 aromatic heterocycles. The highest BCUT2D eigenvalue weighted by molar-refractivity contribution is 6.31. The van der Waals surface area contributed by atoms with Gasteiger partial charge in [-0.3, -0.25) is 15.0 Å². The van der Waals surface area contributed by atoms with Gasteiger partial charge in [0.05, 0.1) is 12.8 Å². The Morgan fingerprint density at radius 1 is 1.19 bits per heavy atom. The van der Waals surface area contributed by atoms with Crippen molar-refractivity contribution in [2.75, 3.05) is 18.7 Å². The van der Waals surface area contributed by atoms with Gasteiger partial charge in [0.15, 0.2) is 11.5 Å². The molecule has 136 valence electrons. The number of nitrogens with one attached hydrogen (secondary N) is 1. The van der Waals surface area contributed by atoms with Gasteiger partial charge in [-0.1, -0.05) is 12.0 Å². The van der Waals surface area contributed by atoms with Crippen molar-refractivity contribution in [1.82, 2.24) is 5.43 Å². The van der Waals surface area contributed by atoms with Crippen LogP contribution in [-0.4, -0.2) is 25.5 Å². The Morgan fingerprint density at radius 2 is 1.93 bits per heavy atom. The summed E-state index contributed by atoms with van der Waals surface area (Å²) in [5, 5.41) is 1.06. The van der Waals surface area contributed by atoms with Crippen LogP contribution in [0.2, 0.25) is 0 Å². The fourth-order valence-corrected chi connectivity index (χ4v) is 2.51. The van der Waals surface area contributed by atoms with E-state index in [4.69, 9.17) is 15.9 Å². The van der Waals surface area contributed by atoms with Gasteiger partial charge in [0, 0.05) is 0 Å². The average molecular weight is 366 g/mol. The third kappa shape index (κ3) is 3.75. The highest BCUT2D eigenvalue weighted by atomic mass is 19.1. The summed E-state index contributed by atoms with van der Waals surface area (Å²) in [6, 6.07) is 10.1. The predicted molar refractivity (Wildman–Crippen MR) is 97.3 cm³/mol. The van der Waals surface area contributed by atoms with Crippen LogP contribution in [0.3, 0.4) is 0 Å². The standard InChI is InChI=1S/C20H15FN2O4/c1-3-10-27-17-9-4-13(12-18(17)26-2)11-16-19(24)22-23(20(16)25)15-7-5-14(21)6-8-15/h1,4-9,11-12H,10H2,2H3,(H,22,24). The van der Waals surface area contributed by atoms with Crippen molar-refractivity contribution in [3.63, 3.8) is 0 Å². The lowest BCUT2D eigenvalue weighted by Crippen LogP contribution is -2.35. The lowest BCUT2D eigenvalue weighted by atomic mass is 10.1. The van der Waals surface area contributed by atoms with E-state index in [9.17, 15) is 14.0 Å². The zero-order chi connectivity index (χ0) is 19.4. The van der Waals surface area contributed by atoms with Crippen LogP contribution in [0.25, 0.3) is 6.08 Å². The number of hydrazine groups is 1. The van der Waals surface area contributed by atoms with E-state index in [-0.39, 0.29) is 12.2 Å². The van der Waals surface area contributed by atoms with Crippen molar-refractivity contribution in [1.29, 1.82) is 0 Å². The fraction of sp³-hybridized carbons (Fsp3) is 0.100. The van der Waals surface area contributed by atoms with Crippen molar-refractivity contribution >= 4 is 23.6 Å². The average Bonchev–Trinajstić information content (AvgIpc) is 2.95. The Kier molecular flexibility index (Phi) is 5.08. The number of nitrogens with zero attached hydrogens (tertiary/aromatic N) is 1. The molecule has 1 aliphatic rings. The van der Waals surface area contributed by atoms with Crippen molar-refractivity contribution in [2.24, 2.45) is 0 Å². The quantitative estimate of drug-likeness (QED) is 0.501. The number of hydrogen-bond donors (Lipinski definition) is 1. The van der Waals surface area contributed by atoms with Crippen LogP contribution in [0.4, 0.5) is 10.1 Å². The van der Waals surface area contributed by atoms with Gasteiger partial charge in [0.1, 0.15) is 18.0 Å². The van der Waals surface area contributed by atoms with Gasteiger partial charge in [0.2, 0.25) is 0 Å². The van der Waals surface area contributed by atoms with Crippen LogP contribution in [0, 0.1) is 18.2 Å². The first-order valence-electron chi connectivity index (χ1n) is 7.90. The maximum absolute atomic E-state index is 13.1. The molecule has 2 aromatic rings. The molecule has 0 atom stereocenters. The molecule has 0 aliphatic carbocycles. The minimum Gasteiger partial charge on any atom is -0.493 e. The molecular weight excluding hydrogens is 351 g/mol. The first-order chi connectivity index (χ1) is 13.0. The maximum Gasteiger partial charge on any atom is 0.282 e. The highest BCUT2D eigenvalue weighted by Gasteiger charge is 2.34. The first-order valence-corrected chi connectivity index (χ1v) is 7.90. The Hall–Kier alpha value is -3.79. The molecular formula is C20H15FN2O4. The number of hydrogen-bond acceptors (Lipinski definition) is 4. The summed E-state index contributed by atoms with van der Waals surface area (Å²) >= 11 is 0. The molecule has 3 rings (SSSR count). The predicted octanol–water partition coefficient (Wildman–Crippen LogP) is 2.31. The summed E-state index contributed by atoms with van der Waals surface area (Å²) < 4.78 is 23.7. The fourth-order valence-electron chi connectivity index (χ4n) is 2.51. The summed E-state index contributed by atoms with van der Waals surface area (Å²) in [4.78, 5) is 24.8. The number of halogens is 1. The molecule has 1 fully saturated rings. The monoisotopic (exact) mass is 366 g/mol. The number of carbonyl (C=O) groups excluding carboxylic acids is 2. The molecule has 1 aliphatic heterocycles. The normalized spacial score (nSPS) is 14.9. The molecule has 7 heteroatoms. The van der Waals surface area contributed by atoms with Crippen LogP contribution in [0.1, 0.15) is 5.56 Å². The number of methoxy groups -OCH3 is 1. The molecule has 2 amide bonds. The summed E-state index contributed by atoms with van der Waals surface area (Å²) in [7, 11) is 1.47. The SMILES string of the molecule is C#CCOc1ccc(C=C2C(=O)NN(c3ccc(F)cc3)C2=O)cc1OC. The Bertz CT molecular complexity index is 961. The minimum atomic E-state index is -0.559. The second kappa shape index (κ2) is 7.62. The van der Waals surface area contributed by atoms with Crippen LogP contribution in [0.5, 0.6) is 11.5 Å². The molecule has 0 saturated carbocycles. The second-order valence-electron chi connectivity index (χ2n) is 5.52. The second-order valence-corrected chi connectivity index (χ2v) is 5.52. The van der Waals surface area contributed by atoms with Crippen molar-refractivity contribution in [3.8, 4) is 23.8 Å². The number of benzene rings is 2. The number of terminal acetylenes is 1. The number of anilines is 1. The molecule has 2 aromatic carbocycles. The van der Waals surface area contributed by atoms with Crippen LogP contribution >= 0.6 is 0 Å². The third-order valence-corrected chi connectivity index (χ3v) is 3.79. The zero-order valence-corrected chi connectivity index (χ0v) is 14.4. The minimum absolute atomic E-state index is 0.0568. The highest BCUT2D eigenvalue weighted by Crippen LogP contribution is 2.30. The van der Waals surface area contributed by atoms with Crippen molar-refractivity contribution in [3.05, 3.63) is 59.4 Å². The van der Waals surface area contributed by atoms with E-state index >= 15 is 0 Å². The molecule has 0 radical (unpaired) electrons. The number of rotatable bonds is 5. The summed E-state index contributed by atoms with van der Waals surface area (Å²) in [6.45, 7) is 0.0876. The lowest BCUT2D eigenvalue weighted by Gasteiger charge is -2.14. The van der Waals surface area contributed by atoms with Crippen LogP contribution in [-0.2, 0) is 9.59 Å². The van der Waals surface area contributed by atoms with Gasteiger partial charge < -0.3 is 9.47 Å². The molecule has 27 heavy (non-hydrogen) atoms. The molecule has 1 N–H and O–H groups in total. The van der Waals surface area contributed by atoms with E-state index < -0.39 is 17.6 Å². The van der Waals surface area contributed by atoms with E-state index in [1.54, 1.807) is 18.2 Å². The summed E-state index contributed by atoms with van der Waals surface area (Å²) in [6.07, 6.45) is 6.61. The largest absolute Gasteiger partial charge is 0.493 e. The molecule has 1 heterocycles. The Balaban J connectivity index is 1.88. The summed E-state index contributed by atoms with van der Waals surface area (Å²) in [5.41, 5.74) is 3.32.